The van der Waals surface area contributed by atoms with Gasteiger partial charge in [-0.1, -0.05) is 18.2 Å². The van der Waals surface area contributed by atoms with Crippen LogP contribution in [-0.2, 0) is 0 Å². The molecule has 0 fully saturated rings. The third-order valence-electron chi connectivity index (χ3n) is 2.34. The van der Waals surface area contributed by atoms with E-state index in [9.17, 15) is 10.2 Å². The summed E-state index contributed by atoms with van der Waals surface area (Å²) in [6.07, 6.45) is -1.77. The summed E-state index contributed by atoms with van der Waals surface area (Å²) in [6, 6.07) is 9.77. The van der Waals surface area contributed by atoms with Gasteiger partial charge in [-0.15, -0.1) is 11.3 Å². The molecular formula is C11H13NO2S. The highest BCUT2D eigenvalue weighted by Crippen LogP contribution is 2.30. The summed E-state index contributed by atoms with van der Waals surface area (Å²) in [5, 5.41) is 20.3. The SMILES string of the molecule is NCC(O)C(O)c1cc2ccccc2s1. The summed E-state index contributed by atoms with van der Waals surface area (Å²) in [5.74, 6) is 0. The molecular weight excluding hydrogens is 210 g/mol. The van der Waals surface area contributed by atoms with Crippen molar-refractivity contribution in [1.29, 1.82) is 0 Å². The molecule has 2 rings (SSSR count). The summed E-state index contributed by atoms with van der Waals surface area (Å²) < 4.78 is 1.11. The summed E-state index contributed by atoms with van der Waals surface area (Å²) in [7, 11) is 0. The molecule has 2 aromatic rings. The largest absolute Gasteiger partial charge is 0.389 e. The molecule has 0 saturated carbocycles. The maximum atomic E-state index is 9.77. The van der Waals surface area contributed by atoms with E-state index in [1.807, 2.05) is 30.3 Å². The topological polar surface area (TPSA) is 66.5 Å². The van der Waals surface area contributed by atoms with Crippen molar-refractivity contribution in [3.05, 3.63) is 35.2 Å². The molecule has 0 bridgehead atoms. The fourth-order valence-electron chi connectivity index (χ4n) is 1.47. The van der Waals surface area contributed by atoms with Crippen LogP contribution >= 0.6 is 11.3 Å². The van der Waals surface area contributed by atoms with Gasteiger partial charge < -0.3 is 15.9 Å². The predicted octanol–water partition coefficient (Wildman–Crippen LogP) is 1.25. The van der Waals surface area contributed by atoms with Gasteiger partial charge in [-0.25, -0.2) is 0 Å². The Hall–Kier alpha value is -0.940. The summed E-state index contributed by atoms with van der Waals surface area (Å²) >= 11 is 1.48. The second-order valence-electron chi connectivity index (χ2n) is 3.43. The number of thiophene rings is 1. The third kappa shape index (κ3) is 2.03. The standard InChI is InChI=1S/C11H13NO2S/c12-6-8(13)11(14)10-5-7-3-1-2-4-9(7)15-10/h1-5,8,11,13-14H,6,12H2. The van der Waals surface area contributed by atoms with E-state index in [2.05, 4.69) is 0 Å². The van der Waals surface area contributed by atoms with Crippen LogP contribution < -0.4 is 5.73 Å². The van der Waals surface area contributed by atoms with E-state index < -0.39 is 12.2 Å². The normalized spacial score (nSPS) is 15.4. The maximum absolute atomic E-state index is 9.77. The Kier molecular flexibility index (Phi) is 3.02. The van der Waals surface area contributed by atoms with Crippen molar-refractivity contribution in [2.24, 2.45) is 5.73 Å². The van der Waals surface area contributed by atoms with Crippen LogP contribution in [0, 0.1) is 0 Å². The van der Waals surface area contributed by atoms with Gasteiger partial charge in [0.2, 0.25) is 0 Å². The number of rotatable bonds is 3. The number of fused-ring (bicyclic) bond motifs is 1. The van der Waals surface area contributed by atoms with Gasteiger partial charge in [0.25, 0.3) is 0 Å². The average molecular weight is 223 g/mol. The first-order valence-electron chi connectivity index (χ1n) is 4.77. The number of hydrogen-bond donors (Lipinski definition) is 3. The van der Waals surface area contributed by atoms with Crippen LogP contribution in [0.1, 0.15) is 11.0 Å². The maximum Gasteiger partial charge on any atom is 0.115 e. The van der Waals surface area contributed by atoms with Crippen molar-refractivity contribution in [3.63, 3.8) is 0 Å². The lowest BCUT2D eigenvalue weighted by atomic mass is 10.1. The van der Waals surface area contributed by atoms with E-state index in [1.165, 1.54) is 11.3 Å². The highest BCUT2D eigenvalue weighted by molar-refractivity contribution is 7.19. The molecule has 0 aliphatic carbocycles. The van der Waals surface area contributed by atoms with E-state index in [1.54, 1.807) is 0 Å². The molecule has 4 N–H and O–H groups in total. The molecule has 0 spiro atoms. The molecule has 2 unspecified atom stereocenters. The zero-order valence-electron chi connectivity index (χ0n) is 8.13. The van der Waals surface area contributed by atoms with E-state index in [-0.39, 0.29) is 6.54 Å². The molecule has 0 radical (unpaired) electrons. The van der Waals surface area contributed by atoms with Crippen molar-refractivity contribution in [1.82, 2.24) is 0 Å². The molecule has 4 heteroatoms. The van der Waals surface area contributed by atoms with Crippen LogP contribution in [0.2, 0.25) is 0 Å². The van der Waals surface area contributed by atoms with Crippen LogP contribution in [0.4, 0.5) is 0 Å². The second kappa shape index (κ2) is 4.28. The average Bonchev–Trinajstić information content (AvgIpc) is 2.70. The Bertz CT molecular complexity index is 422. The Labute approximate surface area is 91.8 Å². The van der Waals surface area contributed by atoms with Crippen molar-refractivity contribution in [2.45, 2.75) is 12.2 Å². The van der Waals surface area contributed by atoms with Gasteiger partial charge in [-0.05, 0) is 17.5 Å². The minimum atomic E-state index is -0.891. The van der Waals surface area contributed by atoms with Gasteiger partial charge in [0.1, 0.15) is 6.10 Å². The van der Waals surface area contributed by atoms with Crippen LogP contribution in [0.25, 0.3) is 10.1 Å². The summed E-state index contributed by atoms with van der Waals surface area (Å²) in [5.41, 5.74) is 5.30. The van der Waals surface area contributed by atoms with Gasteiger partial charge in [0.05, 0.1) is 6.10 Å². The minimum absolute atomic E-state index is 0.0649. The predicted molar refractivity (Wildman–Crippen MR) is 61.8 cm³/mol. The van der Waals surface area contributed by atoms with E-state index in [0.29, 0.717) is 0 Å². The minimum Gasteiger partial charge on any atom is -0.389 e. The third-order valence-corrected chi connectivity index (χ3v) is 3.53. The van der Waals surface area contributed by atoms with Crippen LogP contribution in [0.5, 0.6) is 0 Å². The van der Waals surface area contributed by atoms with Gasteiger partial charge in [0.15, 0.2) is 0 Å². The molecule has 0 aliphatic rings. The molecule has 2 atom stereocenters. The smallest absolute Gasteiger partial charge is 0.115 e. The highest BCUT2D eigenvalue weighted by atomic mass is 32.1. The van der Waals surface area contributed by atoms with Gasteiger partial charge in [0, 0.05) is 16.1 Å². The van der Waals surface area contributed by atoms with E-state index in [0.717, 1.165) is 15.0 Å². The molecule has 15 heavy (non-hydrogen) atoms. The summed E-state index contributed by atoms with van der Waals surface area (Å²) in [4.78, 5) is 0.758. The molecule has 1 aromatic carbocycles. The number of nitrogens with two attached hydrogens (primary N) is 1. The molecule has 0 saturated heterocycles. The number of benzene rings is 1. The van der Waals surface area contributed by atoms with Crippen LogP contribution in [0.15, 0.2) is 30.3 Å². The number of aliphatic hydroxyl groups is 2. The number of aliphatic hydroxyl groups excluding tert-OH is 2. The van der Waals surface area contributed by atoms with Crippen molar-refractivity contribution in [2.75, 3.05) is 6.54 Å². The highest BCUT2D eigenvalue weighted by Gasteiger charge is 2.18. The fraction of sp³-hybridized carbons (Fsp3) is 0.273. The quantitative estimate of drug-likeness (QED) is 0.733. The van der Waals surface area contributed by atoms with Crippen molar-refractivity contribution >= 4 is 21.4 Å². The lowest BCUT2D eigenvalue weighted by molar-refractivity contribution is 0.0266. The molecule has 1 aromatic heterocycles. The molecule has 3 nitrogen and oxygen atoms in total. The van der Waals surface area contributed by atoms with Gasteiger partial charge in [-0.3, -0.25) is 0 Å². The van der Waals surface area contributed by atoms with Crippen molar-refractivity contribution in [3.8, 4) is 0 Å². The van der Waals surface area contributed by atoms with Crippen LogP contribution in [0.3, 0.4) is 0 Å². The zero-order chi connectivity index (χ0) is 10.8. The first-order valence-corrected chi connectivity index (χ1v) is 5.58. The second-order valence-corrected chi connectivity index (χ2v) is 4.55. The monoisotopic (exact) mass is 223 g/mol. The first-order chi connectivity index (χ1) is 7.22. The van der Waals surface area contributed by atoms with Gasteiger partial charge in [-0.2, -0.15) is 0 Å². The fourth-order valence-corrected chi connectivity index (χ4v) is 2.58. The Morgan fingerprint density at radius 1 is 1.27 bits per heavy atom. The lowest BCUT2D eigenvalue weighted by Gasteiger charge is -2.13. The van der Waals surface area contributed by atoms with Crippen molar-refractivity contribution < 1.29 is 10.2 Å². The first kappa shape index (κ1) is 10.6. The Balaban J connectivity index is 2.36. The molecule has 80 valence electrons. The van der Waals surface area contributed by atoms with E-state index >= 15 is 0 Å². The molecule has 1 heterocycles. The summed E-state index contributed by atoms with van der Waals surface area (Å²) in [6.45, 7) is 0.0649. The number of hydrogen-bond acceptors (Lipinski definition) is 4. The van der Waals surface area contributed by atoms with Gasteiger partial charge >= 0.3 is 0 Å². The van der Waals surface area contributed by atoms with E-state index in [4.69, 9.17) is 5.73 Å². The van der Waals surface area contributed by atoms with Crippen LogP contribution in [-0.4, -0.2) is 22.9 Å². The lowest BCUT2D eigenvalue weighted by Crippen LogP contribution is -2.26. The Morgan fingerprint density at radius 3 is 2.67 bits per heavy atom. The Morgan fingerprint density at radius 2 is 2.00 bits per heavy atom. The zero-order valence-corrected chi connectivity index (χ0v) is 8.95. The molecule has 0 amide bonds. The molecule has 0 aliphatic heterocycles.